The molecule has 2 N–H and O–H groups in total. The van der Waals surface area contributed by atoms with Crippen LogP contribution in [0.15, 0.2) is 6.20 Å². The number of hydrogen-bond donors (Lipinski definition) is 1. The van der Waals surface area contributed by atoms with Crippen molar-refractivity contribution in [2.24, 2.45) is 11.7 Å². The lowest BCUT2D eigenvalue weighted by molar-refractivity contribution is -0.132. The minimum absolute atomic E-state index is 0.0582. The second-order valence-corrected chi connectivity index (χ2v) is 4.77. The molecular weight excluding hydrogens is 246 g/mol. The summed E-state index contributed by atoms with van der Waals surface area (Å²) in [5, 5.41) is 7.76. The summed E-state index contributed by atoms with van der Waals surface area (Å²) in [7, 11) is 0. The van der Waals surface area contributed by atoms with Crippen LogP contribution in [-0.4, -0.2) is 52.1 Å². The van der Waals surface area contributed by atoms with Gasteiger partial charge in [0.2, 0.25) is 5.91 Å². The molecule has 0 aromatic carbocycles. The minimum Gasteiger partial charge on any atom is -0.381 e. The van der Waals surface area contributed by atoms with Crippen molar-refractivity contribution in [2.45, 2.75) is 26.4 Å². The third-order valence-electron chi connectivity index (χ3n) is 3.33. The van der Waals surface area contributed by atoms with Gasteiger partial charge in [0.05, 0.1) is 18.5 Å². The maximum Gasteiger partial charge on any atom is 0.244 e. The lowest BCUT2D eigenvalue weighted by atomic mass is 10.1. The average Bonchev–Trinajstić information content (AvgIpc) is 3.06. The number of carbonyl (C=O) groups is 1. The van der Waals surface area contributed by atoms with Gasteiger partial charge in [-0.3, -0.25) is 4.79 Å². The van der Waals surface area contributed by atoms with Crippen LogP contribution in [0.3, 0.4) is 0 Å². The fourth-order valence-corrected chi connectivity index (χ4v) is 2.19. The Morgan fingerprint density at radius 1 is 1.68 bits per heavy atom. The zero-order valence-corrected chi connectivity index (χ0v) is 11.3. The van der Waals surface area contributed by atoms with Crippen molar-refractivity contribution in [1.82, 2.24) is 19.9 Å². The van der Waals surface area contributed by atoms with Crippen LogP contribution in [-0.2, 0) is 22.6 Å². The molecule has 7 heteroatoms. The summed E-state index contributed by atoms with van der Waals surface area (Å²) in [5.41, 5.74) is 6.16. The molecule has 1 aromatic rings. The molecule has 1 fully saturated rings. The minimum atomic E-state index is 0.0582. The molecule has 0 bridgehead atoms. The van der Waals surface area contributed by atoms with E-state index in [1.165, 1.54) is 0 Å². The first-order chi connectivity index (χ1) is 9.22. The van der Waals surface area contributed by atoms with E-state index >= 15 is 0 Å². The average molecular weight is 267 g/mol. The van der Waals surface area contributed by atoms with Gasteiger partial charge in [-0.2, -0.15) is 0 Å². The Labute approximate surface area is 112 Å². The Balaban J connectivity index is 1.88. The fourth-order valence-electron chi connectivity index (χ4n) is 2.19. The van der Waals surface area contributed by atoms with Crippen LogP contribution in [0.4, 0.5) is 0 Å². The van der Waals surface area contributed by atoms with Crippen LogP contribution in [0.1, 0.15) is 19.0 Å². The first kappa shape index (κ1) is 14.0. The summed E-state index contributed by atoms with van der Waals surface area (Å²) in [5.74, 6) is 0.516. The summed E-state index contributed by atoms with van der Waals surface area (Å²) in [6, 6.07) is 0. The molecule has 1 unspecified atom stereocenters. The molecule has 0 aliphatic carbocycles. The number of carbonyl (C=O) groups excluding carboxylic acids is 1. The van der Waals surface area contributed by atoms with E-state index in [0.717, 1.165) is 26.2 Å². The van der Waals surface area contributed by atoms with Crippen LogP contribution in [0.2, 0.25) is 0 Å². The summed E-state index contributed by atoms with van der Waals surface area (Å²) in [6.07, 6.45) is 2.74. The number of nitrogens with zero attached hydrogens (tertiary/aromatic N) is 4. The van der Waals surface area contributed by atoms with Crippen molar-refractivity contribution in [1.29, 1.82) is 0 Å². The molecule has 2 rings (SSSR count). The molecule has 106 valence electrons. The summed E-state index contributed by atoms with van der Waals surface area (Å²) in [4.78, 5) is 14.0. The Hall–Kier alpha value is -1.47. The third-order valence-corrected chi connectivity index (χ3v) is 3.33. The molecule has 1 aromatic heterocycles. The monoisotopic (exact) mass is 267 g/mol. The number of ether oxygens (including phenoxy) is 1. The highest BCUT2D eigenvalue weighted by atomic mass is 16.5. The predicted molar refractivity (Wildman–Crippen MR) is 69.1 cm³/mol. The van der Waals surface area contributed by atoms with Crippen molar-refractivity contribution >= 4 is 5.91 Å². The third kappa shape index (κ3) is 3.74. The summed E-state index contributed by atoms with van der Waals surface area (Å²) in [6.45, 7) is 5.56. The van der Waals surface area contributed by atoms with E-state index in [4.69, 9.17) is 10.5 Å². The van der Waals surface area contributed by atoms with Crippen molar-refractivity contribution in [3.05, 3.63) is 11.9 Å². The van der Waals surface area contributed by atoms with E-state index < -0.39 is 0 Å². The van der Waals surface area contributed by atoms with Gasteiger partial charge >= 0.3 is 0 Å². The van der Waals surface area contributed by atoms with Crippen molar-refractivity contribution in [3.63, 3.8) is 0 Å². The maximum atomic E-state index is 12.2. The van der Waals surface area contributed by atoms with E-state index in [2.05, 4.69) is 10.3 Å². The summed E-state index contributed by atoms with van der Waals surface area (Å²) < 4.78 is 6.88. The Kier molecular flexibility index (Phi) is 4.86. The topological polar surface area (TPSA) is 86.3 Å². The molecule has 2 heterocycles. The van der Waals surface area contributed by atoms with Gasteiger partial charge in [0.1, 0.15) is 6.54 Å². The van der Waals surface area contributed by atoms with Gasteiger partial charge in [0.15, 0.2) is 0 Å². The first-order valence-electron chi connectivity index (χ1n) is 6.67. The van der Waals surface area contributed by atoms with Gasteiger partial charge in [-0.1, -0.05) is 5.21 Å². The number of rotatable bonds is 6. The Morgan fingerprint density at radius 2 is 2.53 bits per heavy atom. The normalized spacial score (nSPS) is 18.7. The predicted octanol–water partition coefficient (Wildman–Crippen LogP) is -0.378. The number of amides is 1. The van der Waals surface area contributed by atoms with Gasteiger partial charge in [0.25, 0.3) is 0 Å². The SMILES string of the molecule is CCN(CC1CCOC1)C(=O)Cn1cc(CN)nn1. The van der Waals surface area contributed by atoms with Crippen LogP contribution in [0.25, 0.3) is 0 Å². The van der Waals surface area contributed by atoms with E-state index in [1.54, 1.807) is 10.9 Å². The highest BCUT2D eigenvalue weighted by Crippen LogP contribution is 2.14. The van der Waals surface area contributed by atoms with Gasteiger partial charge in [-0.25, -0.2) is 4.68 Å². The molecule has 1 saturated heterocycles. The van der Waals surface area contributed by atoms with Crippen molar-refractivity contribution in [2.75, 3.05) is 26.3 Å². The molecule has 1 amide bonds. The lowest BCUT2D eigenvalue weighted by Crippen LogP contribution is -2.37. The zero-order chi connectivity index (χ0) is 13.7. The second-order valence-electron chi connectivity index (χ2n) is 4.77. The quantitative estimate of drug-likeness (QED) is 0.759. The Morgan fingerprint density at radius 3 is 3.11 bits per heavy atom. The molecule has 0 spiro atoms. The maximum absolute atomic E-state index is 12.2. The highest BCUT2D eigenvalue weighted by molar-refractivity contribution is 5.75. The number of likely N-dealkylation sites (N-methyl/N-ethyl adjacent to an activating group) is 1. The van der Waals surface area contributed by atoms with Gasteiger partial charge in [0, 0.05) is 32.2 Å². The standard InChI is InChI=1S/C12H21N5O2/c1-2-16(6-10-3-4-19-9-10)12(18)8-17-7-11(5-13)14-15-17/h7,10H,2-6,8-9,13H2,1H3. The van der Waals surface area contributed by atoms with E-state index in [9.17, 15) is 4.79 Å². The molecule has 1 atom stereocenters. The van der Waals surface area contributed by atoms with Gasteiger partial charge in [-0.05, 0) is 13.3 Å². The fraction of sp³-hybridized carbons (Fsp3) is 0.750. The number of hydrogen-bond acceptors (Lipinski definition) is 5. The molecule has 7 nitrogen and oxygen atoms in total. The molecule has 1 aliphatic rings. The van der Waals surface area contributed by atoms with E-state index in [0.29, 0.717) is 24.7 Å². The van der Waals surface area contributed by atoms with Crippen LogP contribution in [0, 0.1) is 5.92 Å². The van der Waals surface area contributed by atoms with Crippen molar-refractivity contribution < 1.29 is 9.53 Å². The highest BCUT2D eigenvalue weighted by Gasteiger charge is 2.21. The van der Waals surface area contributed by atoms with Crippen LogP contribution in [0.5, 0.6) is 0 Å². The second kappa shape index (κ2) is 6.63. The number of nitrogens with two attached hydrogens (primary N) is 1. The van der Waals surface area contributed by atoms with E-state index in [1.807, 2.05) is 11.8 Å². The lowest BCUT2D eigenvalue weighted by Gasteiger charge is -2.23. The van der Waals surface area contributed by atoms with Gasteiger partial charge < -0.3 is 15.4 Å². The zero-order valence-electron chi connectivity index (χ0n) is 11.3. The summed E-state index contributed by atoms with van der Waals surface area (Å²) >= 11 is 0. The molecular formula is C12H21N5O2. The molecule has 1 aliphatic heterocycles. The van der Waals surface area contributed by atoms with E-state index in [-0.39, 0.29) is 12.5 Å². The Bertz CT molecular complexity index is 414. The van der Waals surface area contributed by atoms with Gasteiger partial charge in [-0.15, -0.1) is 5.10 Å². The van der Waals surface area contributed by atoms with Crippen LogP contribution >= 0.6 is 0 Å². The molecule has 0 saturated carbocycles. The largest absolute Gasteiger partial charge is 0.381 e. The number of aromatic nitrogens is 3. The molecule has 0 radical (unpaired) electrons. The molecule has 19 heavy (non-hydrogen) atoms. The first-order valence-corrected chi connectivity index (χ1v) is 6.67. The van der Waals surface area contributed by atoms with Crippen LogP contribution < -0.4 is 5.73 Å². The smallest absolute Gasteiger partial charge is 0.244 e. The van der Waals surface area contributed by atoms with Crippen molar-refractivity contribution in [3.8, 4) is 0 Å².